The van der Waals surface area contributed by atoms with Gasteiger partial charge in [0.1, 0.15) is 0 Å². The zero-order valence-corrected chi connectivity index (χ0v) is 6.77. The quantitative estimate of drug-likeness (QED) is 0.543. The third kappa shape index (κ3) is 1.55. The molecule has 1 N–H and O–H groups in total. The van der Waals surface area contributed by atoms with Crippen LogP contribution < -0.4 is 5.32 Å². The molecule has 0 aliphatic carbocycles. The molecule has 2 rings (SSSR count). The van der Waals surface area contributed by atoms with Crippen molar-refractivity contribution in [3.63, 3.8) is 0 Å². The molecule has 0 saturated carbocycles. The molecule has 0 aromatic heterocycles. The Kier molecular flexibility index (Phi) is 2.11. The summed E-state index contributed by atoms with van der Waals surface area (Å²) in [5.41, 5.74) is 0.163. The Morgan fingerprint density at radius 2 is 1.82 bits per heavy atom. The third-order valence-electron chi connectivity index (χ3n) is 2.46. The number of nitrogens with one attached hydrogen (secondary N) is 1. The molecule has 0 unspecified atom stereocenters. The van der Waals surface area contributed by atoms with E-state index in [9.17, 15) is 0 Å². The molecule has 0 radical (unpaired) electrons. The Morgan fingerprint density at radius 3 is 2.36 bits per heavy atom. The van der Waals surface area contributed by atoms with E-state index in [1.807, 2.05) is 0 Å². The minimum atomic E-state index is 0.163. The molecular weight excluding hydrogens is 142 g/mol. The molecule has 2 saturated heterocycles. The van der Waals surface area contributed by atoms with Gasteiger partial charge >= 0.3 is 0 Å². The lowest BCUT2D eigenvalue weighted by molar-refractivity contribution is 0.100. The van der Waals surface area contributed by atoms with Crippen LogP contribution in [0.25, 0.3) is 0 Å². The molecule has 0 aromatic rings. The second-order valence-corrected chi connectivity index (χ2v) is 3.42. The van der Waals surface area contributed by atoms with Gasteiger partial charge in [0.25, 0.3) is 0 Å². The van der Waals surface area contributed by atoms with Gasteiger partial charge in [0, 0.05) is 0 Å². The van der Waals surface area contributed by atoms with Crippen LogP contribution in [-0.2, 0) is 9.47 Å². The van der Waals surface area contributed by atoms with Crippen LogP contribution in [0.5, 0.6) is 0 Å². The van der Waals surface area contributed by atoms with Gasteiger partial charge in [-0.3, -0.25) is 0 Å². The normalized spacial score (nSPS) is 30.5. The van der Waals surface area contributed by atoms with Crippen molar-refractivity contribution in [3.05, 3.63) is 0 Å². The first-order valence-corrected chi connectivity index (χ1v) is 4.32. The van der Waals surface area contributed by atoms with E-state index < -0.39 is 0 Å². The maximum absolute atomic E-state index is 5.44. The average molecular weight is 157 g/mol. The van der Waals surface area contributed by atoms with Gasteiger partial charge in [0.15, 0.2) is 0 Å². The Balaban J connectivity index is 1.97. The van der Waals surface area contributed by atoms with E-state index in [0.717, 1.165) is 33.0 Å². The van der Waals surface area contributed by atoms with Gasteiger partial charge < -0.3 is 14.8 Å². The number of ether oxygens (including phenoxy) is 2. The molecule has 0 amide bonds. The van der Waals surface area contributed by atoms with Gasteiger partial charge in [-0.25, -0.2) is 0 Å². The largest absolute Gasteiger partial charge is 0.377 e. The highest BCUT2D eigenvalue weighted by atomic mass is 16.5. The number of hydrogen-bond donors (Lipinski definition) is 1. The molecule has 3 nitrogen and oxygen atoms in total. The monoisotopic (exact) mass is 157 g/mol. The highest BCUT2D eigenvalue weighted by Gasteiger charge is 2.35. The van der Waals surface area contributed by atoms with Crippen LogP contribution in [0.3, 0.4) is 0 Å². The van der Waals surface area contributed by atoms with Crippen molar-refractivity contribution in [2.75, 3.05) is 33.0 Å². The summed E-state index contributed by atoms with van der Waals surface area (Å²) in [5, 5.41) is 3.46. The molecule has 64 valence electrons. The second-order valence-electron chi connectivity index (χ2n) is 3.42. The molecule has 0 atom stereocenters. The van der Waals surface area contributed by atoms with Crippen LogP contribution in [0, 0.1) is 0 Å². The lowest BCUT2D eigenvalue weighted by atomic mass is 10.0. The summed E-state index contributed by atoms with van der Waals surface area (Å²) in [7, 11) is 0. The second kappa shape index (κ2) is 3.09. The molecule has 2 heterocycles. The van der Waals surface area contributed by atoms with E-state index in [-0.39, 0.29) is 5.54 Å². The van der Waals surface area contributed by atoms with Crippen molar-refractivity contribution in [1.29, 1.82) is 0 Å². The van der Waals surface area contributed by atoms with Gasteiger partial charge in [0.05, 0.1) is 32.0 Å². The summed E-state index contributed by atoms with van der Waals surface area (Å²) >= 11 is 0. The van der Waals surface area contributed by atoms with E-state index in [1.165, 1.54) is 12.8 Å². The summed E-state index contributed by atoms with van der Waals surface area (Å²) in [5.74, 6) is 0. The molecule has 3 heteroatoms. The summed E-state index contributed by atoms with van der Waals surface area (Å²) in [6.07, 6.45) is 2.46. The van der Waals surface area contributed by atoms with Crippen molar-refractivity contribution >= 4 is 0 Å². The SMILES string of the molecule is C1CNC2(C1)COCCOC2. The number of hydrogen-bond acceptors (Lipinski definition) is 3. The van der Waals surface area contributed by atoms with E-state index in [1.54, 1.807) is 0 Å². The fourth-order valence-electron chi connectivity index (χ4n) is 1.81. The lowest BCUT2D eigenvalue weighted by Crippen LogP contribution is -2.47. The van der Waals surface area contributed by atoms with Crippen LogP contribution in [-0.4, -0.2) is 38.5 Å². The van der Waals surface area contributed by atoms with Crippen LogP contribution >= 0.6 is 0 Å². The zero-order valence-electron chi connectivity index (χ0n) is 6.77. The van der Waals surface area contributed by atoms with Crippen LogP contribution in [0.4, 0.5) is 0 Å². The van der Waals surface area contributed by atoms with E-state index in [2.05, 4.69) is 5.32 Å². The Labute approximate surface area is 67.1 Å². The van der Waals surface area contributed by atoms with Crippen LogP contribution in [0.15, 0.2) is 0 Å². The molecule has 0 bridgehead atoms. The first-order chi connectivity index (χ1) is 5.41. The molecule has 2 fully saturated rings. The van der Waals surface area contributed by atoms with Crippen LogP contribution in [0.2, 0.25) is 0 Å². The van der Waals surface area contributed by atoms with Gasteiger partial charge in [-0.1, -0.05) is 0 Å². The highest BCUT2D eigenvalue weighted by Crippen LogP contribution is 2.21. The van der Waals surface area contributed by atoms with E-state index >= 15 is 0 Å². The molecular formula is C8H15NO2. The maximum Gasteiger partial charge on any atom is 0.0701 e. The topological polar surface area (TPSA) is 30.5 Å². The van der Waals surface area contributed by atoms with Crippen molar-refractivity contribution < 1.29 is 9.47 Å². The molecule has 2 aliphatic heterocycles. The molecule has 0 aromatic carbocycles. The third-order valence-corrected chi connectivity index (χ3v) is 2.46. The van der Waals surface area contributed by atoms with Gasteiger partial charge in [0.2, 0.25) is 0 Å². The first kappa shape index (κ1) is 7.53. The predicted molar refractivity (Wildman–Crippen MR) is 41.6 cm³/mol. The zero-order chi connectivity index (χ0) is 7.57. The summed E-state index contributed by atoms with van der Waals surface area (Å²) in [6, 6.07) is 0. The van der Waals surface area contributed by atoms with E-state index in [0.29, 0.717) is 0 Å². The maximum atomic E-state index is 5.44. The summed E-state index contributed by atoms with van der Waals surface area (Å²) < 4.78 is 10.9. The van der Waals surface area contributed by atoms with Gasteiger partial charge in [-0.05, 0) is 19.4 Å². The van der Waals surface area contributed by atoms with Crippen molar-refractivity contribution in [2.24, 2.45) is 0 Å². The summed E-state index contributed by atoms with van der Waals surface area (Å²) in [4.78, 5) is 0. The van der Waals surface area contributed by atoms with Gasteiger partial charge in [-0.15, -0.1) is 0 Å². The van der Waals surface area contributed by atoms with Crippen molar-refractivity contribution in [2.45, 2.75) is 18.4 Å². The Hall–Kier alpha value is -0.120. The standard InChI is InChI=1S/C8H15NO2/c1-2-8(9-3-1)6-10-4-5-11-7-8/h9H,1-7H2. The fourth-order valence-corrected chi connectivity index (χ4v) is 1.81. The minimum Gasteiger partial charge on any atom is -0.377 e. The highest BCUT2D eigenvalue weighted by molar-refractivity contribution is 4.93. The predicted octanol–water partition coefficient (Wildman–Crippen LogP) is 0.155. The van der Waals surface area contributed by atoms with Crippen molar-refractivity contribution in [1.82, 2.24) is 5.32 Å². The Bertz CT molecular complexity index is 122. The smallest absolute Gasteiger partial charge is 0.0701 e. The number of rotatable bonds is 0. The summed E-state index contributed by atoms with van der Waals surface area (Å²) in [6.45, 7) is 4.28. The average Bonchev–Trinajstić information content (AvgIpc) is 2.32. The molecule has 11 heavy (non-hydrogen) atoms. The fraction of sp³-hybridized carbons (Fsp3) is 1.00. The Morgan fingerprint density at radius 1 is 1.09 bits per heavy atom. The molecule has 1 spiro atoms. The molecule has 2 aliphatic rings. The van der Waals surface area contributed by atoms with Crippen molar-refractivity contribution in [3.8, 4) is 0 Å². The lowest BCUT2D eigenvalue weighted by Gasteiger charge is -2.25. The minimum absolute atomic E-state index is 0.163. The van der Waals surface area contributed by atoms with E-state index in [4.69, 9.17) is 9.47 Å². The first-order valence-electron chi connectivity index (χ1n) is 4.32. The van der Waals surface area contributed by atoms with Crippen LogP contribution in [0.1, 0.15) is 12.8 Å². The van der Waals surface area contributed by atoms with Gasteiger partial charge in [-0.2, -0.15) is 0 Å².